The van der Waals surface area contributed by atoms with Crippen LogP contribution in [-0.2, 0) is 22.7 Å². The first-order chi connectivity index (χ1) is 22.7. The summed E-state index contributed by atoms with van der Waals surface area (Å²) in [7, 11) is 1.56. The fourth-order valence-electron chi connectivity index (χ4n) is 4.51. The Hall–Kier alpha value is -5.32. The molecular formula is C35H30Cl2N6O4. The van der Waals surface area contributed by atoms with E-state index >= 15 is 0 Å². The van der Waals surface area contributed by atoms with E-state index in [1.807, 2.05) is 37.3 Å². The molecule has 2 aromatic heterocycles. The summed E-state index contributed by atoms with van der Waals surface area (Å²) in [5, 5.41) is 6.02. The van der Waals surface area contributed by atoms with Gasteiger partial charge in [-0.1, -0.05) is 47.5 Å². The van der Waals surface area contributed by atoms with Crippen LogP contribution >= 0.6 is 23.2 Å². The third-order valence-corrected chi connectivity index (χ3v) is 7.88. The molecule has 0 fully saturated rings. The minimum absolute atomic E-state index is 0.0284. The lowest BCUT2D eigenvalue weighted by molar-refractivity contribution is -0.122. The third kappa shape index (κ3) is 8.49. The summed E-state index contributed by atoms with van der Waals surface area (Å²) in [6, 6.07) is 21.0. The van der Waals surface area contributed by atoms with E-state index in [9.17, 15) is 14.4 Å². The van der Waals surface area contributed by atoms with Crippen LogP contribution in [-0.4, -0.2) is 46.3 Å². The van der Waals surface area contributed by atoms with E-state index in [0.717, 1.165) is 11.4 Å². The molecule has 5 rings (SSSR count). The van der Waals surface area contributed by atoms with Crippen molar-refractivity contribution in [2.45, 2.75) is 20.1 Å². The Bertz CT molecular complexity index is 1950. The molecule has 3 aromatic carbocycles. The molecule has 5 aromatic rings. The predicted octanol–water partition coefficient (Wildman–Crippen LogP) is 5.94. The number of anilines is 1. The zero-order chi connectivity index (χ0) is 33.3. The number of aryl methyl sites for hydroxylation is 1. The zero-order valence-corrected chi connectivity index (χ0v) is 27.0. The number of ether oxygens (including phenoxy) is 1. The first-order valence-corrected chi connectivity index (χ1v) is 15.3. The Morgan fingerprint density at radius 3 is 2.51 bits per heavy atom. The van der Waals surface area contributed by atoms with E-state index in [4.69, 9.17) is 27.9 Å². The smallest absolute Gasteiger partial charge is 0.251 e. The molecule has 0 atom stereocenters. The molecule has 0 aliphatic rings. The van der Waals surface area contributed by atoms with Gasteiger partial charge in [-0.25, -0.2) is 4.98 Å². The molecule has 0 spiro atoms. The summed E-state index contributed by atoms with van der Waals surface area (Å²) in [6.07, 6.45) is 6.25. The van der Waals surface area contributed by atoms with Crippen LogP contribution in [0, 0.1) is 6.92 Å². The van der Waals surface area contributed by atoms with E-state index in [-0.39, 0.29) is 24.1 Å². The lowest BCUT2D eigenvalue weighted by Gasteiger charge is -2.21. The van der Waals surface area contributed by atoms with Crippen LogP contribution in [0.3, 0.4) is 0 Å². The van der Waals surface area contributed by atoms with Gasteiger partial charge in [0.25, 0.3) is 5.91 Å². The number of amides is 3. The Kier molecular flexibility index (Phi) is 10.8. The van der Waals surface area contributed by atoms with Crippen LogP contribution in [0.1, 0.15) is 32.9 Å². The molecule has 0 aliphatic carbocycles. The molecule has 47 heavy (non-hydrogen) atoms. The first kappa shape index (κ1) is 33.1. The van der Waals surface area contributed by atoms with Crippen molar-refractivity contribution in [1.82, 2.24) is 25.6 Å². The SMILES string of the molecule is Cc1cnc2cccc(OCc3c(Cl)ccc(N(C)C(=O)CNC(=O)/C=C/c4ccc(C(=O)NCc5ccccn5)cc4)c3Cl)c2n1. The number of pyridine rings is 1. The van der Waals surface area contributed by atoms with E-state index in [1.165, 1.54) is 11.0 Å². The van der Waals surface area contributed by atoms with Gasteiger partial charge in [0.05, 0.1) is 40.7 Å². The molecule has 0 saturated heterocycles. The number of hydrogen-bond acceptors (Lipinski definition) is 7. The summed E-state index contributed by atoms with van der Waals surface area (Å²) in [4.78, 5) is 52.3. The number of carbonyl (C=O) groups is 3. The van der Waals surface area contributed by atoms with Gasteiger partial charge < -0.3 is 20.3 Å². The second kappa shape index (κ2) is 15.3. The molecule has 2 N–H and O–H groups in total. The van der Waals surface area contributed by atoms with Crippen molar-refractivity contribution < 1.29 is 19.1 Å². The molecule has 2 heterocycles. The molecule has 0 aliphatic heterocycles. The van der Waals surface area contributed by atoms with Gasteiger partial charge in [0, 0.05) is 41.7 Å². The lowest BCUT2D eigenvalue weighted by atomic mass is 10.1. The van der Waals surface area contributed by atoms with Crippen LogP contribution in [0.25, 0.3) is 17.1 Å². The zero-order valence-electron chi connectivity index (χ0n) is 25.5. The molecular weight excluding hydrogens is 639 g/mol. The number of nitrogens with one attached hydrogen (secondary N) is 2. The van der Waals surface area contributed by atoms with Crippen LogP contribution in [0.15, 0.2) is 91.3 Å². The highest BCUT2D eigenvalue weighted by Crippen LogP contribution is 2.35. The van der Waals surface area contributed by atoms with Gasteiger partial charge in [-0.05, 0) is 67.1 Å². The Morgan fingerprint density at radius 2 is 1.74 bits per heavy atom. The highest BCUT2D eigenvalue weighted by molar-refractivity contribution is 6.38. The summed E-state index contributed by atoms with van der Waals surface area (Å²) in [5.74, 6) is -0.575. The van der Waals surface area contributed by atoms with Crippen molar-refractivity contribution in [2.24, 2.45) is 0 Å². The Balaban J connectivity index is 1.14. The Labute approximate surface area is 281 Å². The average Bonchev–Trinajstić information content (AvgIpc) is 3.09. The lowest BCUT2D eigenvalue weighted by Crippen LogP contribution is -2.37. The fraction of sp³-hybridized carbons (Fsp3) is 0.143. The number of nitrogens with zero attached hydrogens (tertiary/aromatic N) is 4. The number of para-hydroxylation sites is 1. The normalized spacial score (nSPS) is 11.0. The standard InChI is InChI=1S/C35H30Cl2N6O4/c1-22-18-39-28-7-5-8-30(34(28)42-22)47-21-26-27(36)14-15-29(33(26)37)43(2)32(45)20-40-31(44)16-11-23-9-12-24(13-10-23)35(46)41-19-25-6-3-4-17-38-25/h3-18H,19-21H2,1-2H3,(H,40,44)(H,41,46)/b16-11+. The number of likely N-dealkylation sites (N-methyl/N-ethyl adjacent to an activating group) is 1. The van der Waals surface area contributed by atoms with Gasteiger partial charge in [0.2, 0.25) is 11.8 Å². The van der Waals surface area contributed by atoms with E-state index < -0.39 is 11.8 Å². The van der Waals surface area contributed by atoms with Crippen molar-refractivity contribution >= 4 is 63.7 Å². The molecule has 0 unspecified atom stereocenters. The monoisotopic (exact) mass is 668 g/mol. The van der Waals surface area contributed by atoms with Gasteiger partial charge in [-0.15, -0.1) is 0 Å². The second-order valence-electron chi connectivity index (χ2n) is 10.4. The molecule has 238 valence electrons. The number of aromatic nitrogens is 3. The van der Waals surface area contributed by atoms with Crippen LogP contribution in [0.2, 0.25) is 10.0 Å². The molecule has 3 amide bonds. The minimum Gasteiger partial charge on any atom is -0.486 e. The summed E-state index contributed by atoms with van der Waals surface area (Å²) in [6.45, 7) is 1.92. The number of fused-ring (bicyclic) bond motifs is 1. The largest absolute Gasteiger partial charge is 0.486 e. The molecule has 0 bridgehead atoms. The topological polar surface area (TPSA) is 126 Å². The maximum absolute atomic E-state index is 13.0. The first-order valence-electron chi connectivity index (χ1n) is 14.5. The fourth-order valence-corrected chi connectivity index (χ4v) is 5.11. The quantitative estimate of drug-likeness (QED) is 0.167. The van der Waals surface area contributed by atoms with Crippen LogP contribution < -0.4 is 20.3 Å². The minimum atomic E-state index is -0.464. The second-order valence-corrected chi connectivity index (χ2v) is 11.2. The molecule has 12 heteroatoms. The maximum Gasteiger partial charge on any atom is 0.251 e. The molecule has 0 radical (unpaired) electrons. The third-order valence-electron chi connectivity index (χ3n) is 7.10. The summed E-state index contributed by atoms with van der Waals surface area (Å²) >= 11 is 13.2. The van der Waals surface area contributed by atoms with Gasteiger partial charge in [0.1, 0.15) is 17.9 Å². The number of halogens is 2. The van der Waals surface area contributed by atoms with Crippen LogP contribution in [0.4, 0.5) is 5.69 Å². The summed E-state index contributed by atoms with van der Waals surface area (Å²) in [5.41, 5.74) is 4.89. The van der Waals surface area contributed by atoms with E-state index in [2.05, 4.69) is 25.6 Å². The number of rotatable bonds is 11. The van der Waals surface area contributed by atoms with Gasteiger partial charge in [-0.2, -0.15) is 0 Å². The van der Waals surface area contributed by atoms with E-state index in [0.29, 0.717) is 50.7 Å². The van der Waals surface area contributed by atoms with Crippen molar-refractivity contribution in [3.05, 3.63) is 129 Å². The number of hydrogen-bond donors (Lipinski definition) is 2. The van der Waals surface area contributed by atoms with Gasteiger partial charge in [-0.3, -0.25) is 24.4 Å². The van der Waals surface area contributed by atoms with Crippen molar-refractivity contribution in [3.8, 4) is 5.75 Å². The van der Waals surface area contributed by atoms with Crippen molar-refractivity contribution in [1.29, 1.82) is 0 Å². The highest BCUT2D eigenvalue weighted by atomic mass is 35.5. The van der Waals surface area contributed by atoms with Crippen LogP contribution in [0.5, 0.6) is 5.75 Å². The number of benzene rings is 3. The molecule has 0 saturated carbocycles. The van der Waals surface area contributed by atoms with Crippen molar-refractivity contribution in [3.63, 3.8) is 0 Å². The maximum atomic E-state index is 13.0. The van der Waals surface area contributed by atoms with E-state index in [1.54, 1.807) is 68.0 Å². The average molecular weight is 670 g/mol. The predicted molar refractivity (Wildman–Crippen MR) is 182 cm³/mol. The van der Waals surface area contributed by atoms with Crippen molar-refractivity contribution in [2.75, 3.05) is 18.5 Å². The summed E-state index contributed by atoms with van der Waals surface area (Å²) < 4.78 is 6.04. The number of carbonyl (C=O) groups excluding carboxylic acids is 3. The van der Waals surface area contributed by atoms with Gasteiger partial charge >= 0.3 is 0 Å². The highest BCUT2D eigenvalue weighted by Gasteiger charge is 2.19. The Morgan fingerprint density at radius 1 is 0.936 bits per heavy atom. The van der Waals surface area contributed by atoms with Gasteiger partial charge in [0.15, 0.2) is 0 Å². The molecule has 10 nitrogen and oxygen atoms in total.